The molecule has 0 aromatic heterocycles. The molecule has 0 saturated carbocycles. The molecule has 0 aromatic rings. The molecule has 0 aliphatic carbocycles. The molecule has 1 fully saturated rings. The molecule has 0 aromatic carbocycles. The van der Waals surface area contributed by atoms with Crippen LogP contribution < -0.4 is 16.0 Å². The number of hydrogen-bond donors (Lipinski definition) is 3. The van der Waals surface area contributed by atoms with E-state index in [1.54, 1.807) is 4.90 Å². The molecular weight excluding hydrogens is 220 g/mol. The first-order valence-corrected chi connectivity index (χ1v) is 6.18. The van der Waals surface area contributed by atoms with Crippen molar-refractivity contribution in [2.45, 2.75) is 19.9 Å². The van der Waals surface area contributed by atoms with E-state index in [-0.39, 0.29) is 24.4 Å². The van der Waals surface area contributed by atoms with Crippen LogP contribution in [0, 0.1) is 0 Å². The van der Waals surface area contributed by atoms with Gasteiger partial charge in [-0.3, -0.25) is 9.59 Å². The van der Waals surface area contributed by atoms with Crippen LogP contribution in [-0.2, 0) is 9.59 Å². The van der Waals surface area contributed by atoms with Gasteiger partial charge in [-0.1, -0.05) is 0 Å². The fourth-order valence-electron chi connectivity index (χ4n) is 1.81. The van der Waals surface area contributed by atoms with Gasteiger partial charge in [0.25, 0.3) is 0 Å². The van der Waals surface area contributed by atoms with E-state index in [9.17, 15) is 9.59 Å². The van der Waals surface area contributed by atoms with Gasteiger partial charge in [0.1, 0.15) is 0 Å². The van der Waals surface area contributed by atoms with E-state index >= 15 is 0 Å². The van der Waals surface area contributed by atoms with Crippen LogP contribution >= 0.6 is 0 Å². The molecule has 6 nitrogen and oxygen atoms in total. The van der Waals surface area contributed by atoms with E-state index in [0.29, 0.717) is 19.6 Å². The fourth-order valence-corrected chi connectivity index (χ4v) is 1.81. The number of carbonyl (C=O) groups is 2. The maximum absolute atomic E-state index is 11.7. The highest BCUT2D eigenvalue weighted by Gasteiger charge is 2.21. The van der Waals surface area contributed by atoms with Gasteiger partial charge in [-0.05, 0) is 13.8 Å². The van der Waals surface area contributed by atoms with E-state index in [0.717, 1.165) is 13.1 Å². The van der Waals surface area contributed by atoms with Crippen molar-refractivity contribution in [1.82, 2.24) is 20.9 Å². The van der Waals surface area contributed by atoms with Crippen molar-refractivity contribution in [2.24, 2.45) is 0 Å². The van der Waals surface area contributed by atoms with Gasteiger partial charge in [-0.25, -0.2) is 0 Å². The van der Waals surface area contributed by atoms with Gasteiger partial charge < -0.3 is 20.9 Å². The minimum atomic E-state index is -0.228. The average Bonchev–Trinajstić information content (AvgIpc) is 2.38. The Labute approximate surface area is 102 Å². The molecule has 1 saturated heterocycles. The van der Waals surface area contributed by atoms with Crippen LogP contribution in [0.2, 0.25) is 0 Å². The van der Waals surface area contributed by atoms with Crippen molar-refractivity contribution < 1.29 is 9.59 Å². The summed E-state index contributed by atoms with van der Waals surface area (Å²) in [6, 6.07) is -0.228. The SMILES string of the molecule is CCN(CC)C(=O)CNC(=O)C1CNCCN1. The van der Waals surface area contributed by atoms with Crippen LogP contribution in [0.5, 0.6) is 0 Å². The Morgan fingerprint density at radius 1 is 1.29 bits per heavy atom. The number of nitrogens with one attached hydrogen (secondary N) is 3. The molecule has 1 atom stereocenters. The highest BCUT2D eigenvalue weighted by atomic mass is 16.2. The number of nitrogens with zero attached hydrogens (tertiary/aromatic N) is 1. The number of amides is 2. The number of piperazine rings is 1. The molecule has 0 bridgehead atoms. The first-order valence-electron chi connectivity index (χ1n) is 6.18. The summed E-state index contributed by atoms with van der Waals surface area (Å²) in [4.78, 5) is 25.1. The van der Waals surface area contributed by atoms with E-state index in [1.807, 2.05) is 13.8 Å². The lowest BCUT2D eigenvalue weighted by molar-refractivity contribution is -0.133. The fraction of sp³-hybridized carbons (Fsp3) is 0.818. The zero-order valence-electron chi connectivity index (χ0n) is 10.6. The third-order valence-electron chi connectivity index (χ3n) is 2.89. The van der Waals surface area contributed by atoms with Crippen molar-refractivity contribution >= 4 is 11.8 Å². The van der Waals surface area contributed by atoms with E-state index < -0.39 is 0 Å². The third kappa shape index (κ3) is 4.32. The Morgan fingerprint density at radius 3 is 2.53 bits per heavy atom. The number of likely N-dealkylation sites (N-methyl/N-ethyl adjacent to an activating group) is 1. The second-order valence-corrected chi connectivity index (χ2v) is 3.99. The van der Waals surface area contributed by atoms with Gasteiger partial charge in [0, 0.05) is 32.7 Å². The van der Waals surface area contributed by atoms with Crippen molar-refractivity contribution in [2.75, 3.05) is 39.3 Å². The van der Waals surface area contributed by atoms with Crippen LogP contribution in [0.4, 0.5) is 0 Å². The molecule has 98 valence electrons. The summed E-state index contributed by atoms with van der Waals surface area (Å²) < 4.78 is 0. The van der Waals surface area contributed by atoms with Gasteiger partial charge in [-0.15, -0.1) is 0 Å². The highest BCUT2D eigenvalue weighted by Crippen LogP contribution is 1.90. The molecule has 2 amide bonds. The normalized spacial score (nSPS) is 19.8. The van der Waals surface area contributed by atoms with Gasteiger partial charge in [0.2, 0.25) is 11.8 Å². The van der Waals surface area contributed by atoms with Crippen LogP contribution in [0.3, 0.4) is 0 Å². The van der Waals surface area contributed by atoms with E-state index in [2.05, 4.69) is 16.0 Å². The Balaban J connectivity index is 2.29. The first kappa shape index (κ1) is 13.9. The van der Waals surface area contributed by atoms with Crippen LogP contribution in [0.25, 0.3) is 0 Å². The van der Waals surface area contributed by atoms with Crippen LogP contribution in [-0.4, -0.2) is 62.0 Å². The lowest BCUT2D eigenvalue weighted by atomic mass is 10.2. The molecule has 1 unspecified atom stereocenters. The molecule has 1 heterocycles. The molecule has 1 rings (SSSR count). The van der Waals surface area contributed by atoms with E-state index in [1.165, 1.54) is 0 Å². The van der Waals surface area contributed by atoms with Crippen molar-refractivity contribution in [3.63, 3.8) is 0 Å². The largest absolute Gasteiger partial charge is 0.346 e. The Hall–Kier alpha value is -1.14. The lowest BCUT2D eigenvalue weighted by Crippen LogP contribution is -2.56. The van der Waals surface area contributed by atoms with Crippen LogP contribution in [0.1, 0.15) is 13.8 Å². The van der Waals surface area contributed by atoms with Crippen LogP contribution in [0.15, 0.2) is 0 Å². The topological polar surface area (TPSA) is 73.5 Å². The van der Waals surface area contributed by atoms with Crippen molar-refractivity contribution in [3.05, 3.63) is 0 Å². The van der Waals surface area contributed by atoms with Gasteiger partial charge in [0.05, 0.1) is 12.6 Å². The lowest BCUT2D eigenvalue weighted by Gasteiger charge is -2.24. The molecular formula is C11H22N4O2. The highest BCUT2D eigenvalue weighted by molar-refractivity contribution is 5.87. The summed E-state index contributed by atoms with van der Waals surface area (Å²) in [5, 5.41) is 8.90. The van der Waals surface area contributed by atoms with Gasteiger partial charge >= 0.3 is 0 Å². The van der Waals surface area contributed by atoms with Gasteiger partial charge in [-0.2, -0.15) is 0 Å². The summed E-state index contributed by atoms with van der Waals surface area (Å²) in [6.45, 7) is 7.56. The minimum Gasteiger partial charge on any atom is -0.346 e. The molecule has 0 radical (unpaired) electrons. The third-order valence-corrected chi connectivity index (χ3v) is 2.89. The average molecular weight is 242 g/mol. The molecule has 17 heavy (non-hydrogen) atoms. The molecule has 0 spiro atoms. The zero-order chi connectivity index (χ0) is 12.7. The standard InChI is InChI=1S/C11H22N4O2/c1-3-15(4-2)10(16)8-14-11(17)9-7-12-5-6-13-9/h9,12-13H,3-8H2,1-2H3,(H,14,17). The molecule has 1 aliphatic heterocycles. The zero-order valence-corrected chi connectivity index (χ0v) is 10.6. The predicted molar refractivity (Wildman–Crippen MR) is 65.6 cm³/mol. The second kappa shape index (κ2) is 7.24. The maximum Gasteiger partial charge on any atom is 0.241 e. The quantitative estimate of drug-likeness (QED) is 0.550. The molecule has 1 aliphatic rings. The van der Waals surface area contributed by atoms with Crippen molar-refractivity contribution in [1.29, 1.82) is 0 Å². The number of hydrogen-bond acceptors (Lipinski definition) is 4. The monoisotopic (exact) mass is 242 g/mol. The Morgan fingerprint density at radius 2 is 2.00 bits per heavy atom. The second-order valence-electron chi connectivity index (χ2n) is 3.99. The number of carbonyl (C=O) groups excluding carboxylic acids is 2. The summed E-state index contributed by atoms with van der Waals surface area (Å²) in [5.41, 5.74) is 0. The predicted octanol–water partition coefficient (Wildman–Crippen LogP) is -1.47. The van der Waals surface area contributed by atoms with E-state index in [4.69, 9.17) is 0 Å². The smallest absolute Gasteiger partial charge is 0.241 e. The van der Waals surface area contributed by atoms with Gasteiger partial charge in [0.15, 0.2) is 0 Å². The summed E-state index contributed by atoms with van der Waals surface area (Å²) in [6.07, 6.45) is 0. The first-order chi connectivity index (χ1) is 8.19. The van der Waals surface area contributed by atoms with Crippen molar-refractivity contribution in [3.8, 4) is 0 Å². The maximum atomic E-state index is 11.7. The Bertz CT molecular complexity index is 260. The molecule has 6 heteroatoms. The summed E-state index contributed by atoms with van der Waals surface area (Å²) in [5.74, 6) is -0.148. The summed E-state index contributed by atoms with van der Waals surface area (Å²) >= 11 is 0. The Kier molecular flexibility index (Phi) is 5.93. The molecule has 3 N–H and O–H groups in total. The number of rotatable bonds is 5. The summed E-state index contributed by atoms with van der Waals surface area (Å²) in [7, 11) is 0. The minimum absolute atomic E-state index is 0.0351.